The second-order valence-electron chi connectivity index (χ2n) is 9.96. The number of hydrogen-bond acceptors (Lipinski definition) is 7. The van der Waals surface area contributed by atoms with Crippen LogP contribution in [-0.2, 0) is 16.0 Å². The van der Waals surface area contributed by atoms with Crippen molar-refractivity contribution in [2.45, 2.75) is 56.8 Å². The molecule has 11 nitrogen and oxygen atoms in total. The Hall–Kier alpha value is -3.93. The minimum absolute atomic E-state index is 0.0528. The molecule has 0 saturated carbocycles. The van der Waals surface area contributed by atoms with Gasteiger partial charge < -0.3 is 30.8 Å². The summed E-state index contributed by atoms with van der Waals surface area (Å²) in [5, 5.41) is 21.5. The fourth-order valence-electron chi connectivity index (χ4n) is 4.44. The van der Waals surface area contributed by atoms with Crippen molar-refractivity contribution in [3.05, 3.63) is 87.6 Å². The number of amides is 4. The van der Waals surface area contributed by atoms with Crippen LogP contribution in [0.4, 0.5) is 0 Å². The van der Waals surface area contributed by atoms with Crippen molar-refractivity contribution in [2.24, 2.45) is 0 Å². The van der Waals surface area contributed by atoms with Gasteiger partial charge in [0.1, 0.15) is 24.4 Å². The van der Waals surface area contributed by atoms with E-state index in [2.05, 4.69) is 26.3 Å². The number of carbonyl (C=O) groups is 4. The van der Waals surface area contributed by atoms with Crippen molar-refractivity contribution in [2.75, 3.05) is 6.54 Å². The monoisotopic (exact) mass is 615 g/mol. The second kappa shape index (κ2) is 14.3. The lowest BCUT2D eigenvalue weighted by atomic mass is 10.0. The number of nitrogens with zero attached hydrogens (tertiary/aromatic N) is 1. The normalized spacial score (nSPS) is 21.0. The molecule has 0 spiro atoms. The first kappa shape index (κ1) is 31.0. The van der Waals surface area contributed by atoms with Crippen molar-refractivity contribution < 1.29 is 28.7 Å². The smallest absolute Gasteiger partial charge is 0.273 e. The summed E-state index contributed by atoms with van der Waals surface area (Å²) in [7, 11) is 0. The number of aromatic nitrogens is 1. The molecule has 4 atom stereocenters. The van der Waals surface area contributed by atoms with Gasteiger partial charge in [-0.25, -0.2) is 4.98 Å². The Labute approximate surface area is 252 Å². The quantitative estimate of drug-likeness (QED) is 0.294. The van der Waals surface area contributed by atoms with E-state index in [1.54, 1.807) is 0 Å². The Kier molecular flexibility index (Phi) is 10.6. The van der Waals surface area contributed by atoms with Gasteiger partial charge in [0.2, 0.25) is 17.7 Å². The van der Waals surface area contributed by atoms with Crippen molar-refractivity contribution in [3.63, 3.8) is 0 Å². The van der Waals surface area contributed by atoms with Crippen LogP contribution in [0.15, 0.2) is 59.2 Å². The van der Waals surface area contributed by atoms with E-state index in [0.29, 0.717) is 17.9 Å². The Bertz CT molecular complexity index is 1430. The molecular formula is C29H31Cl2N5O6. The van der Waals surface area contributed by atoms with Crippen LogP contribution in [0.25, 0.3) is 0 Å². The van der Waals surface area contributed by atoms with Gasteiger partial charge in [-0.15, -0.1) is 0 Å². The maximum absolute atomic E-state index is 13.6. The van der Waals surface area contributed by atoms with E-state index in [1.807, 2.05) is 30.3 Å². The number of aliphatic hydroxyl groups excluding tert-OH is 1. The third kappa shape index (κ3) is 8.09. The van der Waals surface area contributed by atoms with Gasteiger partial charge in [-0.3, -0.25) is 19.2 Å². The molecule has 0 saturated heterocycles. The summed E-state index contributed by atoms with van der Waals surface area (Å²) in [6, 6.07) is 10.7. The van der Waals surface area contributed by atoms with Crippen molar-refractivity contribution in [3.8, 4) is 0 Å². The molecule has 2 heterocycles. The van der Waals surface area contributed by atoms with Crippen molar-refractivity contribution in [1.82, 2.24) is 26.3 Å². The molecule has 13 heteroatoms. The van der Waals surface area contributed by atoms with Gasteiger partial charge in [0.25, 0.3) is 11.8 Å². The summed E-state index contributed by atoms with van der Waals surface area (Å²) >= 11 is 12.1. The van der Waals surface area contributed by atoms with E-state index in [9.17, 15) is 24.3 Å². The SMILES string of the molecule is C[C@@H](O)[C@@H]1NC(=O)c2coc(n2)[C@H](Cc2ccccc2)NC(=O)[C@@H](NC(=O)c2ccc(Cl)c(Cl)c2)CCCCNC1=O. The third-order valence-corrected chi connectivity index (χ3v) is 7.46. The number of oxazole rings is 1. The summed E-state index contributed by atoms with van der Waals surface area (Å²) in [5.74, 6) is -2.25. The number of hydrogen-bond donors (Lipinski definition) is 5. The van der Waals surface area contributed by atoms with Gasteiger partial charge in [-0.2, -0.15) is 0 Å². The molecule has 1 aliphatic rings. The van der Waals surface area contributed by atoms with Crippen LogP contribution in [0.3, 0.4) is 0 Å². The van der Waals surface area contributed by atoms with Crippen LogP contribution >= 0.6 is 23.2 Å². The number of halogens is 2. The molecule has 222 valence electrons. The van der Waals surface area contributed by atoms with Gasteiger partial charge in [0.05, 0.1) is 16.1 Å². The number of benzene rings is 2. The average molecular weight is 617 g/mol. The molecule has 42 heavy (non-hydrogen) atoms. The van der Waals surface area contributed by atoms with Gasteiger partial charge in [0, 0.05) is 18.5 Å². The summed E-state index contributed by atoms with van der Waals surface area (Å²) in [6.45, 7) is 1.61. The fraction of sp³-hybridized carbons (Fsp3) is 0.345. The van der Waals surface area contributed by atoms with Gasteiger partial charge >= 0.3 is 0 Å². The van der Waals surface area contributed by atoms with Gasteiger partial charge in [-0.05, 0) is 49.9 Å². The first-order valence-corrected chi connectivity index (χ1v) is 14.2. The summed E-state index contributed by atoms with van der Waals surface area (Å²) < 4.78 is 5.61. The van der Waals surface area contributed by atoms with E-state index in [-0.39, 0.29) is 41.6 Å². The number of nitrogens with one attached hydrogen (secondary N) is 4. The summed E-state index contributed by atoms with van der Waals surface area (Å²) in [6.07, 6.45) is 1.39. The Morgan fingerprint density at radius 1 is 1.07 bits per heavy atom. The lowest BCUT2D eigenvalue weighted by molar-refractivity contribution is -0.125. The predicted octanol–water partition coefficient (Wildman–Crippen LogP) is 2.96. The predicted molar refractivity (Wildman–Crippen MR) is 155 cm³/mol. The summed E-state index contributed by atoms with van der Waals surface area (Å²) in [5.41, 5.74) is 0.959. The molecular weight excluding hydrogens is 585 g/mol. The minimum Gasteiger partial charge on any atom is -0.446 e. The lowest BCUT2D eigenvalue weighted by Crippen LogP contribution is -2.52. The molecule has 0 fully saturated rings. The van der Waals surface area contributed by atoms with Crippen molar-refractivity contribution in [1.29, 1.82) is 0 Å². The molecule has 4 rings (SSSR count). The van der Waals surface area contributed by atoms with E-state index in [1.165, 1.54) is 25.1 Å². The highest BCUT2D eigenvalue weighted by Gasteiger charge is 2.30. The zero-order valence-electron chi connectivity index (χ0n) is 22.7. The van der Waals surface area contributed by atoms with Crippen LogP contribution in [-0.4, -0.2) is 58.5 Å². The molecule has 0 radical (unpaired) electrons. The molecule has 3 aromatic rings. The summed E-state index contributed by atoms with van der Waals surface area (Å²) in [4.78, 5) is 56.6. The van der Waals surface area contributed by atoms with E-state index in [4.69, 9.17) is 27.6 Å². The molecule has 2 bridgehead atoms. The average Bonchev–Trinajstić information content (AvgIpc) is 3.46. The van der Waals surface area contributed by atoms with Crippen LogP contribution in [0, 0.1) is 0 Å². The topological polar surface area (TPSA) is 163 Å². The fourth-order valence-corrected chi connectivity index (χ4v) is 4.74. The minimum atomic E-state index is -1.22. The highest BCUT2D eigenvalue weighted by molar-refractivity contribution is 6.42. The Morgan fingerprint density at radius 3 is 2.55 bits per heavy atom. The van der Waals surface area contributed by atoms with Gasteiger partial charge in [-0.1, -0.05) is 53.5 Å². The maximum atomic E-state index is 13.6. The van der Waals surface area contributed by atoms with Crippen LogP contribution in [0.1, 0.15) is 64.5 Å². The lowest BCUT2D eigenvalue weighted by Gasteiger charge is -2.23. The van der Waals surface area contributed by atoms with E-state index < -0.39 is 47.9 Å². The first-order chi connectivity index (χ1) is 20.1. The third-order valence-electron chi connectivity index (χ3n) is 6.73. The molecule has 5 N–H and O–H groups in total. The van der Waals surface area contributed by atoms with Gasteiger partial charge in [0.15, 0.2) is 5.69 Å². The number of aliphatic hydroxyl groups is 1. The van der Waals surface area contributed by atoms with E-state index >= 15 is 0 Å². The standard InChI is InChI=1S/C29H31Cl2N5O6/c1-16(37)24-28(41)32-12-6-5-9-21(33-25(38)18-10-11-19(30)20(31)14-18)26(39)34-22(13-17-7-3-2-4-8-17)29-35-23(15-42-29)27(40)36-24/h2-4,7-8,10-11,14-16,21-22,24,37H,5-6,9,12-13H2,1H3,(H,32,41)(H,33,38)(H,34,39)(H,36,40)/t16-,21+,22+,24+/m1/s1. The highest BCUT2D eigenvalue weighted by Crippen LogP contribution is 2.23. The largest absolute Gasteiger partial charge is 0.446 e. The Balaban J connectivity index is 1.64. The molecule has 1 aliphatic heterocycles. The zero-order valence-corrected chi connectivity index (χ0v) is 24.2. The zero-order chi connectivity index (χ0) is 30.2. The van der Waals surface area contributed by atoms with Crippen LogP contribution in [0.2, 0.25) is 10.0 Å². The van der Waals surface area contributed by atoms with Crippen LogP contribution in [0.5, 0.6) is 0 Å². The van der Waals surface area contributed by atoms with E-state index in [0.717, 1.165) is 11.8 Å². The number of rotatable bonds is 5. The first-order valence-electron chi connectivity index (χ1n) is 13.4. The molecule has 0 aliphatic carbocycles. The number of carbonyl (C=O) groups excluding carboxylic acids is 4. The highest BCUT2D eigenvalue weighted by atomic mass is 35.5. The molecule has 4 amide bonds. The maximum Gasteiger partial charge on any atom is 0.273 e. The van der Waals surface area contributed by atoms with Crippen molar-refractivity contribution >= 4 is 46.8 Å². The molecule has 2 aromatic carbocycles. The molecule has 1 aromatic heterocycles. The molecule has 0 unspecified atom stereocenters. The number of fused-ring (bicyclic) bond motifs is 2. The van der Waals surface area contributed by atoms with Crippen LogP contribution < -0.4 is 21.3 Å². The second-order valence-corrected chi connectivity index (χ2v) is 10.8. The Morgan fingerprint density at radius 2 is 1.83 bits per heavy atom.